The number of likely N-dealkylation sites (tertiary alicyclic amines) is 1. The topological polar surface area (TPSA) is 75.4 Å². The minimum absolute atomic E-state index is 0.0550. The Balaban J connectivity index is 2.01. The standard InChI is InChI=1S/C19H29N3O2/c1-3-4-12-21-17(23)15-9-8-13-22(14-15)18(24)19(2,20)16-10-6-5-7-11-16/h5-7,10-11,15H,3-4,8-9,12-14,20H2,1-2H3,(H,21,23). The Labute approximate surface area is 144 Å². The summed E-state index contributed by atoms with van der Waals surface area (Å²) in [7, 11) is 0. The first-order valence-electron chi connectivity index (χ1n) is 8.88. The van der Waals surface area contributed by atoms with Gasteiger partial charge in [0.15, 0.2) is 0 Å². The third kappa shape index (κ3) is 4.35. The smallest absolute Gasteiger partial charge is 0.246 e. The van der Waals surface area contributed by atoms with Gasteiger partial charge < -0.3 is 16.0 Å². The van der Waals surface area contributed by atoms with E-state index in [0.717, 1.165) is 31.2 Å². The summed E-state index contributed by atoms with van der Waals surface area (Å²) in [6.07, 6.45) is 3.70. The second-order valence-electron chi connectivity index (χ2n) is 6.80. The van der Waals surface area contributed by atoms with E-state index in [9.17, 15) is 9.59 Å². The van der Waals surface area contributed by atoms with E-state index < -0.39 is 5.54 Å². The molecule has 1 saturated heterocycles. The van der Waals surface area contributed by atoms with Gasteiger partial charge >= 0.3 is 0 Å². The molecule has 2 rings (SSSR count). The lowest BCUT2D eigenvalue weighted by molar-refractivity contribution is -0.140. The van der Waals surface area contributed by atoms with Crippen molar-refractivity contribution in [2.24, 2.45) is 11.7 Å². The fourth-order valence-corrected chi connectivity index (χ4v) is 3.14. The summed E-state index contributed by atoms with van der Waals surface area (Å²) < 4.78 is 0. The molecular weight excluding hydrogens is 302 g/mol. The number of nitrogens with two attached hydrogens (primary N) is 1. The third-order valence-corrected chi connectivity index (χ3v) is 4.73. The zero-order chi connectivity index (χ0) is 17.6. The van der Waals surface area contributed by atoms with Crippen molar-refractivity contribution in [2.45, 2.75) is 45.1 Å². The molecule has 24 heavy (non-hydrogen) atoms. The number of carbonyl (C=O) groups is 2. The molecule has 0 aliphatic carbocycles. The molecule has 0 bridgehead atoms. The molecule has 0 radical (unpaired) electrons. The maximum absolute atomic E-state index is 12.9. The molecule has 2 unspecified atom stereocenters. The van der Waals surface area contributed by atoms with Crippen molar-refractivity contribution in [1.82, 2.24) is 10.2 Å². The van der Waals surface area contributed by atoms with Crippen LogP contribution in [0, 0.1) is 5.92 Å². The number of nitrogens with zero attached hydrogens (tertiary/aromatic N) is 1. The van der Waals surface area contributed by atoms with Crippen molar-refractivity contribution in [3.05, 3.63) is 35.9 Å². The average molecular weight is 331 g/mol. The van der Waals surface area contributed by atoms with Crippen LogP contribution >= 0.6 is 0 Å². The van der Waals surface area contributed by atoms with Gasteiger partial charge in [-0.15, -0.1) is 0 Å². The number of rotatable bonds is 6. The summed E-state index contributed by atoms with van der Waals surface area (Å²) >= 11 is 0. The maximum Gasteiger partial charge on any atom is 0.246 e. The van der Waals surface area contributed by atoms with Crippen LogP contribution < -0.4 is 11.1 Å². The third-order valence-electron chi connectivity index (χ3n) is 4.73. The van der Waals surface area contributed by atoms with Gasteiger partial charge in [-0.3, -0.25) is 9.59 Å². The minimum atomic E-state index is -1.07. The average Bonchev–Trinajstić information content (AvgIpc) is 2.62. The van der Waals surface area contributed by atoms with Crippen LogP contribution in [-0.2, 0) is 15.1 Å². The number of unbranched alkanes of at least 4 members (excludes halogenated alkanes) is 1. The largest absolute Gasteiger partial charge is 0.356 e. The number of hydrogen-bond acceptors (Lipinski definition) is 3. The molecule has 1 aromatic carbocycles. The summed E-state index contributed by atoms with van der Waals surface area (Å²) in [5.41, 5.74) is 6.07. The van der Waals surface area contributed by atoms with Crippen LogP contribution in [0.2, 0.25) is 0 Å². The van der Waals surface area contributed by atoms with Crippen LogP contribution in [0.5, 0.6) is 0 Å². The highest BCUT2D eigenvalue weighted by molar-refractivity contribution is 5.88. The van der Waals surface area contributed by atoms with Crippen LogP contribution in [0.4, 0.5) is 0 Å². The first kappa shape index (κ1) is 18.5. The zero-order valence-electron chi connectivity index (χ0n) is 14.8. The van der Waals surface area contributed by atoms with E-state index in [-0.39, 0.29) is 17.7 Å². The van der Waals surface area contributed by atoms with E-state index in [4.69, 9.17) is 5.73 Å². The molecule has 0 spiro atoms. The first-order valence-corrected chi connectivity index (χ1v) is 8.88. The Morgan fingerprint density at radius 3 is 2.71 bits per heavy atom. The lowest BCUT2D eigenvalue weighted by Gasteiger charge is -2.37. The molecule has 5 heteroatoms. The van der Waals surface area contributed by atoms with E-state index in [2.05, 4.69) is 12.2 Å². The van der Waals surface area contributed by atoms with Crippen LogP contribution in [0.3, 0.4) is 0 Å². The summed E-state index contributed by atoms with van der Waals surface area (Å²) in [4.78, 5) is 26.9. The predicted molar refractivity (Wildman–Crippen MR) is 95.2 cm³/mol. The van der Waals surface area contributed by atoms with Gasteiger partial charge in [0, 0.05) is 19.6 Å². The highest BCUT2D eigenvalue weighted by Gasteiger charge is 2.37. The van der Waals surface area contributed by atoms with Gasteiger partial charge in [-0.05, 0) is 31.7 Å². The van der Waals surface area contributed by atoms with E-state index >= 15 is 0 Å². The Hall–Kier alpha value is -1.88. The number of amides is 2. The number of benzene rings is 1. The Morgan fingerprint density at radius 1 is 1.33 bits per heavy atom. The van der Waals surface area contributed by atoms with Gasteiger partial charge in [-0.25, -0.2) is 0 Å². The van der Waals surface area contributed by atoms with Gasteiger partial charge in [0.2, 0.25) is 11.8 Å². The summed E-state index contributed by atoms with van der Waals surface area (Å²) in [5, 5.41) is 2.98. The Kier molecular flexibility index (Phi) is 6.37. The van der Waals surface area contributed by atoms with Crippen molar-refractivity contribution in [3.63, 3.8) is 0 Å². The number of nitrogens with one attached hydrogen (secondary N) is 1. The molecule has 3 N–H and O–H groups in total. The second kappa shape index (κ2) is 8.29. The van der Waals surface area contributed by atoms with Gasteiger partial charge in [-0.1, -0.05) is 43.7 Å². The quantitative estimate of drug-likeness (QED) is 0.783. The van der Waals surface area contributed by atoms with Crippen molar-refractivity contribution in [3.8, 4) is 0 Å². The maximum atomic E-state index is 12.9. The lowest BCUT2D eigenvalue weighted by atomic mass is 9.89. The summed E-state index contributed by atoms with van der Waals surface area (Å²) in [6.45, 7) is 5.67. The van der Waals surface area contributed by atoms with E-state index in [0.29, 0.717) is 19.6 Å². The minimum Gasteiger partial charge on any atom is -0.356 e. The van der Waals surface area contributed by atoms with E-state index in [1.54, 1.807) is 11.8 Å². The normalized spacial score (nSPS) is 20.3. The van der Waals surface area contributed by atoms with Gasteiger partial charge in [0.05, 0.1) is 5.92 Å². The molecule has 1 heterocycles. The second-order valence-corrected chi connectivity index (χ2v) is 6.80. The summed E-state index contributed by atoms with van der Waals surface area (Å²) in [6, 6.07) is 9.41. The molecule has 2 amide bonds. The SMILES string of the molecule is CCCCNC(=O)C1CCCN(C(=O)C(C)(N)c2ccccc2)C1. The van der Waals surface area contributed by atoms with Crippen LogP contribution in [0.1, 0.15) is 45.1 Å². The fourth-order valence-electron chi connectivity index (χ4n) is 3.14. The van der Waals surface area contributed by atoms with Crippen molar-refractivity contribution >= 4 is 11.8 Å². The van der Waals surface area contributed by atoms with E-state index in [1.807, 2.05) is 30.3 Å². The molecule has 1 aromatic rings. The van der Waals surface area contributed by atoms with Crippen LogP contribution in [-0.4, -0.2) is 36.3 Å². The molecule has 0 aromatic heterocycles. The fraction of sp³-hybridized carbons (Fsp3) is 0.579. The van der Waals surface area contributed by atoms with E-state index in [1.165, 1.54) is 0 Å². The molecule has 1 fully saturated rings. The Bertz CT molecular complexity index is 557. The molecule has 1 aliphatic rings. The monoisotopic (exact) mass is 331 g/mol. The zero-order valence-corrected chi connectivity index (χ0v) is 14.8. The van der Waals surface area contributed by atoms with Crippen molar-refractivity contribution < 1.29 is 9.59 Å². The van der Waals surface area contributed by atoms with Crippen molar-refractivity contribution in [2.75, 3.05) is 19.6 Å². The number of piperidine rings is 1. The van der Waals surface area contributed by atoms with Crippen molar-refractivity contribution in [1.29, 1.82) is 0 Å². The first-order chi connectivity index (χ1) is 11.5. The molecule has 0 saturated carbocycles. The molecular formula is C19H29N3O2. The molecule has 1 aliphatic heterocycles. The number of carbonyl (C=O) groups excluding carboxylic acids is 2. The Morgan fingerprint density at radius 2 is 2.04 bits per heavy atom. The molecule has 5 nitrogen and oxygen atoms in total. The lowest BCUT2D eigenvalue weighted by Crippen LogP contribution is -2.55. The highest BCUT2D eigenvalue weighted by Crippen LogP contribution is 2.24. The molecule has 132 valence electrons. The van der Waals surface area contributed by atoms with Gasteiger partial charge in [0.1, 0.15) is 5.54 Å². The predicted octanol–water partition coefficient (Wildman–Crippen LogP) is 2.02. The van der Waals surface area contributed by atoms with Crippen LogP contribution in [0.25, 0.3) is 0 Å². The number of hydrogen-bond donors (Lipinski definition) is 2. The summed E-state index contributed by atoms with van der Waals surface area (Å²) in [5.74, 6) is -0.190. The van der Waals surface area contributed by atoms with Crippen LogP contribution in [0.15, 0.2) is 30.3 Å². The highest BCUT2D eigenvalue weighted by atomic mass is 16.2. The molecule has 2 atom stereocenters. The van der Waals surface area contributed by atoms with Gasteiger partial charge in [-0.2, -0.15) is 0 Å². The van der Waals surface area contributed by atoms with Gasteiger partial charge in [0.25, 0.3) is 0 Å².